The number of aryl methyl sites for hydroxylation is 1. The highest BCUT2D eigenvalue weighted by atomic mass is 32.2. The topological polar surface area (TPSA) is 29.6 Å². The molecule has 1 aromatic carbocycles. The summed E-state index contributed by atoms with van der Waals surface area (Å²) >= 11 is 0. The second-order valence-electron chi connectivity index (χ2n) is 7.71. The normalized spacial score (nSPS) is 21.2. The van der Waals surface area contributed by atoms with Crippen molar-refractivity contribution >= 4 is 10.8 Å². The summed E-state index contributed by atoms with van der Waals surface area (Å²) in [6.45, 7) is 10.7. The smallest absolute Gasteiger partial charge is 0.0892 e. The lowest BCUT2D eigenvalue weighted by molar-refractivity contribution is 0.320. The number of hydrogen-bond donors (Lipinski definition) is 0. The number of benzene rings is 1. The van der Waals surface area contributed by atoms with Gasteiger partial charge in [-0.15, -0.1) is 0 Å². The van der Waals surface area contributed by atoms with Crippen LogP contribution >= 0.6 is 0 Å². The van der Waals surface area contributed by atoms with E-state index in [1.54, 1.807) is 0 Å². The number of hydrogen-bond acceptors (Lipinski definition) is 2. The minimum atomic E-state index is -0.941. The fraction of sp³-hybridized carbons (Fsp3) is 0.545. The van der Waals surface area contributed by atoms with Crippen molar-refractivity contribution in [1.29, 1.82) is 0 Å². The molecule has 1 aliphatic heterocycles. The molecule has 25 heavy (non-hydrogen) atoms. The number of rotatable bonds is 9. The van der Waals surface area contributed by atoms with Gasteiger partial charge in [0, 0.05) is 10.6 Å². The molecular weight excluding hydrogens is 328 g/mol. The maximum Gasteiger partial charge on any atom is 0.0892 e. The highest BCUT2D eigenvalue weighted by molar-refractivity contribution is 7.85. The van der Waals surface area contributed by atoms with E-state index in [0.29, 0.717) is 11.9 Å². The van der Waals surface area contributed by atoms with Gasteiger partial charge in [0.05, 0.1) is 22.5 Å². The van der Waals surface area contributed by atoms with Gasteiger partial charge in [0.15, 0.2) is 0 Å². The average Bonchev–Trinajstić information content (AvgIpc) is 3.18. The monoisotopic (exact) mass is 360 g/mol. The van der Waals surface area contributed by atoms with E-state index in [1.165, 1.54) is 16.7 Å². The molecule has 0 amide bonds. The van der Waals surface area contributed by atoms with Crippen LogP contribution in [-0.4, -0.2) is 21.7 Å². The minimum Gasteiger partial charge on any atom is -0.367 e. The van der Waals surface area contributed by atoms with Gasteiger partial charge in [-0.2, -0.15) is 0 Å². The van der Waals surface area contributed by atoms with Gasteiger partial charge in [0.25, 0.3) is 0 Å². The summed E-state index contributed by atoms with van der Waals surface area (Å²) in [6.07, 6.45) is 9.24. The Kier molecular flexibility index (Phi) is 7.21. The Morgan fingerprint density at radius 2 is 1.72 bits per heavy atom. The van der Waals surface area contributed by atoms with Gasteiger partial charge >= 0.3 is 0 Å². The van der Waals surface area contributed by atoms with E-state index >= 15 is 0 Å². The van der Waals surface area contributed by atoms with Crippen LogP contribution < -0.4 is 0 Å². The summed E-state index contributed by atoms with van der Waals surface area (Å²) in [5.41, 5.74) is 4.07. The van der Waals surface area contributed by atoms with Gasteiger partial charge < -0.3 is 4.74 Å². The fourth-order valence-corrected chi connectivity index (χ4v) is 3.92. The maximum absolute atomic E-state index is 12.3. The minimum absolute atomic E-state index is 0.104. The van der Waals surface area contributed by atoms with Crippen molar-refractivity contribution in [3.05, 3.63) is 53.1 Å². The van der Waals surface area contributed by atoms with Crippen LogP contribution in [0.3, 0.4) is 0 Å². The van der Waals surface area contributed by atoms with Crippen LogP contribution in [-0.2, 0) is 15.5 Å². The Morgan fingerprint density at radius 3 is 2.32 bits per heavy atom. The molecule has 0 radical (unpaired) electrons. The Bertz CT molecular complexity index is 653. The molecule has 1 aromatic rings. The molecule has 0 spiro atoms. The second kappa shape index (κ2) is 8.95. The molecule has 2 atom stereocenters. The first-order valence-electron chi connectivity index (χ1n) is 9.22. The van der Waals surface area contributed by atoms with E-state index < -0.39 is 10.8 Å². The summed E-state index contributed by atoms with van der Waals surface area (Å²) in [7, 11) is -0.941. The van der Waals surface area contributed by atoms with Crippen LogP contribution in [0.25, 0.3) is 0 Å². The summed E-state index contributed by atoms with van der Waals surface area (Å²) < 4.78 is 17.9. The van der Waals surface area contributed by atoms with Crippen LogP contribution in [0.4, 0.5) is 0 Å². The molecule has 0 aliphatic carbocycles. The van der Waals surface area contributed by atoms with Crippen molar-refractivity contribution in [3.8, 4) is 0 Å². The third-order valence-electron chi connectivity index (χ3n) is 4.86. The van der Waals surface area contributed by atoms with Crippen LogP contribution in [0.1, 0.15) is 58.9 Å². The Hall–Kier alpha value is -1.19. The first kappa shape index (κ1) is 20.1. The van der Waals surface area contributed by atoms with E-state index in [1.807, 2.05) is 31.2 Å². The summed E-state index contributed by atoms with van der Waals surface area (Å²) in [5, 5.41) is 0. The molecule has 1 fully saturated rings. The van der Waals surface area contributed by atoms with E-state index in [4.69, 9.17) is 4.74 Å². The molecule has 2 unspecified atom stereocenters. The van der Waals surface area contributed by atoms with Gasteiger partial charge in [0.2, 0.25) is 0 Å². The second-order valence-corrected chi connectivity index (χ2v) is 9.21. The van der Waals surface area contributed by atoms with Gasteiger partial charge in [-0.05, 0) is 72.4 Å². The van der Waals surface area contributed by atoms with Gasteiger partial charge in [-0.3, -0.25) is 4.21 Å². The van der Waals surface area contributed by atoms with Crippen molar-refractivity contribution < 1.29 is 8.95 Å². The zero-order valence-electron chi connectivity index (χ0n) is 16.3. The van der Waals surface area contributed by atoms with Crippen molar-refractivity contribution in [3.63, 3.8) is 0 Å². The van der Waals surface area contributed by atoms with Gasteiger partial charge in [-0.25, -0.2) is 0 Å². The van der Waals surface area contributed by atoms with Crippen LogP contribution in [0.5, 0.6) is 0 Å². The lowest BCUT2D eigenvalue weighted by Gasteiger charge is -2.03. The van der Waals surface area contributed by atoms with E-state index in [9.17, 15) is 4.21 Å². The molecular formula is C22H32O2S. The molecule has 138 valence electrons. The predicted molar refractivity (Wildman–Crippen MR) is 107 cm³/mol. The predicted octanol–water partition coefficient (Wildman–Crippen LogP) is 5.73. The molecule has 0 saturated carbocycles. The lowest BCUT2D eigenvalue weighted by atomic mass is 10.0. The molecule has 3 heteroatoms. The highest BCUT2D eigenvalue weighted by Crippen LogP contribution is 2.38. The van der Waals surface area contributed by atoms with Crippen molar-refractivity contribution in [2.45, 2.75) is 76.9 Å². The molecule has 0 aromatic heterocycles. The molecule has 0 N–H and O–H groups in total. The standard InChI is InChI=1S/C22H32O2S/c1-17(11-14-21-22(4,5)24-21)7-6-8-18(2)15-16-25(23)20-12-9-19(3)10-13-20/h7,9-10,12-13,15,21H,6,8,11,14,16H2,1-5H3/b17-7+,18-15+. The Labute approximate surface area is 155 Å². The van der Waals surface area contributed by atoms with Crippen LogP contribution in [0.2, 0.25) is 0 Å². The quantitative estimate of drug-likeness (QED) is 0.415. The molecule has 2 nitrogen and oxygen atoms in total. The number of epoxide rings is 1. The van der Waals surface area contributed by atoms with Crippen molar-refractivity contribution in [1.82, 2.24) is 0 Å². The SMILES string of the molecule is C/C(=C\CS(=O)c1ccc(C)cc1)CC/C=C(\C)CCC1OC1(C)C. The van der Waals surface area contributed by atoms with E-state index in [0.717, 1.165) is 30.6 Å². The van der Waals surface area contributed by atoms with Gasteiger partial charge in [-0.1, -0.05) is 41.0 Å². The fourth-order valence-electron chi connectivity index (χ4n) is 2.85. The molecule has 1 heterocycles. The van der Waals surface area contributed by atoms with Crippen molar-refractivity contribution in [2.75, 3.05) is 5.75 Å². The first-order valence-corrected chi connectivity index (χ1v) is 10.5. The Balaban J connectivity index is 1.69. The summed E-state index contributed by atoms with van der Waals surface area (Å²) in [4.78, 5) is 0.913. The third kappa shape index (κ3) is 6.91. The zero-order chi connectivity index (χ0) is 18.4. The molecule has 2 rings (SSSR count). The maximum atomic E-state index is 12.3. The zero-order valence-corrected chi connectivity index (χ0v) is 17.1. The summed E-state index contributed by atoms with van der Waals surface area (Å²) in [5.74, 6) is 0.603. The van der Waals surface area contributed by atoms with E-state index in [2.05, 4.69) is 39.8 Å². The summed E-state index contributed by atoms with van der Waals surface area (Å²) in [6, 6.07) is 7.97. The third-order valence-corrected chi connectivity index (χ3v) is 6.13. The molecule has 1 aliphatic rings. The molecule has 0 bridgehead atoms. The average molecular weight is 361 g/mol. The largest absolute Gasteiger partial charge is 0.367 e. The Morgan fingerprint density at radius 1 is 1.12 bits per heavy atom. The lowest BCUT2D eigenvalue weighted by Crippen LogP contribution is -2.02. The highest BCUT2D eigenvalue weighted by Gasteiger charge is 2.46. The first-order chi connectivity index (χ1) is 11.8. The van der Waals surface area contributed by atoms with E-state index in [-0.39, 0.29) is 5.60 Å². The van der Waals surface area contributed by atoms with Crippen molar-refractivity contribution in [2.24, 2.45) is 0 Å². The van der Waals surface area contributed by atoms with Crippen LogP contribution in [0.15, 0.2) is 52.5 Å². The van der Waals surface area contributed by atoms with Gasteiger partial charge in [0.1, 0.15) is 0 Å². The number of allylic oxidation sites excluding steroid dienone is 3. The number of ether oxygens (including phenoxy) is 1. The van der Waals surface area contributed by atoms with Crippen LogP contribution in [0, 0.1) is 6.92 Å². The molecule has 1 saturated heterocycles.